The highest BCUT2D eigenvalue weighted by Crippen LogP contribution is 2.34. The third-order valence-corrected chi connectivity index (χ3v) is 6.58. The molecule has 2 aromatic rings. The molecule has 1 aromatic heterocycles. The lowest BCUT2D eigenvalue weighted by molar-refractivity contribution is 0.551. The highest BCUT2D eigenvalue weighted by atomic mass is 35.5. The Morgan fingerprint density at radius 3 is 2.81 bits per heavy atom. The molecule has 5 heteroatoms. The fourth-order valence-corrected chi connectivity index (χ4v) is 4.61. The van der Waals surface area contributed by atoms with Crippen molar-refractivity contribution >= 4 is 32.5 Å². The fraction of sp³-hybridized carbons (Fsp3) is 0.250. The van der Waals surface area contributed by atoms with Gasteiger partial charge in [-0.2, -0.15) is 0 Å². The maximum atomic E-state index is 13.1. The molecule has 0 aliphatic heterocycles. The van der Waals surface area contributed by atoms with Gasteiger partial charge in [-0.05, 0) is 25.5 Å². The first-order chi connectivity index (χ1) is 9.98. The molecule has 3 rings (SSSR count). The number of nitrogens with zero attached hydrogens (tertiary/aromatic N) is 1. The Morgan fingerprint density at radius 1 is 1.29 bits per heavy atom. The minimum absolute atomic E-state index is 0.349. The molecule has 1 atom stereocenters. The molecule has 0 amide bonds. The second-order valence-electron chi connectivity index (χ2n) is 5.48. The molecule has 0 saturated heterocycles. The van der Waals surface area contributed by atoms with Crippen LogP contribution >= 0.6 is 11.6 Å². The maximum absolute atomic E-state index is 13.1. The molecule has 0 radical (unpaired) electrons. The lowest BCUT2D eigenvalue weighted by atomic mass is 9.96. The molecule has 0 N–H and O–H groups in total. The van der Waals surface area contributed by atoms with Crippen molar-refractivity contribution in [2.45, 2.75) is 18.1 Å². The standard InChI is InChI=1S/C16H16ClNO2S/c1-16(9-4-5-13(11-16)12-17)21(19,20)18-10-8-14-6-2-3-7-15(14)18/h2-10H,11-12H2,1H3. The molecular weight excluding hydrogens is 306 g/mol. The Balaban J connectivity index is 2.13. The summed E-state index contributed by atoms with van der Waals surface area (Å²) >= 11 is 5.87. The zero-order chi connectivity index (χ0) is 15.1. The van der Waals surface area contributed by atoms with Crippen molar-refractivity contribution in [3.63, 3.8) is 0 Å². The largest absolute Gasteiger partial charge is 0.248 e. The van der Waals surface area contributed by atoms with Crippen LogP contribution in [0.5, 0.6) is 0 Å². The highest BCUT2D eigenvalue weighted by Gasteiger charge is 2.40. The van der Waals surface area contributed by atoms with E-state index >= 15 is 0 Å². The fourth-order valence-electron chi connectivity index (χ4n) is 2.72. The Labute approximate surface area is 129 Å². The van der Waals surface area contributed by atoms with E-state index in [1.807, 2.05) is 36.4 Å². The van der Waals surface area contributed by atoms with E-state index in [0.717, 1.165) is 11.0 Å². The molecule has 0 bridgehead atoms. The van der Waals surface area contributed by atoms with Crippen LogP contribution in [-0.4, -0.2) is 23.0 Å². The van der Waals surface area contributed by atoms with Crippen LogP contribution in [0.25, 0.3) is 10.9 Å². The summed E-state index contributed by atoms with van der Waals surface area (Å²) in [6.07, 6.45) is 7.45. The van der Waals surface area contributed by atoms with Crippen LogP contribution in [-0.2, 0) is 10.0 Å². The van der Waals surface area contributed by atoms with Gasteiger partial charge < -0.3 is 0 Å². The molecule has 1 aromatic carbocycles. The average molecular weight is 322 g/mol. The van der Waals surface area contributed by atoms with Gasteiger partial charge in [-0.1, -0.05) is 42.0 Å². The summed E-state index contributed by atoms with van der Waals surface area (Å²) in [7, 11) is -3.56. The van der Waals surface area contributed by atoms with Crippen molar-refractivity contribution in [2.75, 3.05) is 5.88 Å². The van der Waals surface area contributed by atoms with E-state index in [9.17, 15) is 8.42 Å². The van der Waals surface area contributed by atoms with Gasteiger partial charge in [-0.15, -0.1) is 11.6 Å². The molecule has 1 aliphatic carbocycles. The summed E-state index contributed by atoms with van der Waals surface area (Å²) in [4.78, 5) is 0. The van der Waals surface area contributed by atoms with E-state index < -0.39 is 14.8 Å². The van der Waals surface area contributed by atoms with Crippen LogP contribution in [0.15, 0.2) is 60.3 Å². The van der Waals surface area contributed by atoms with Gasteiger partial charge in [0.1, 0.15) is 4.75 Å². The number of hydrogen-bond donors (Lipinski definition) is 0. The maximum Gasteiger partial charge on any atom is 0.248 e. The van der Waals surface area contributed by atoms with Gasteiger partial charge in [-0.25, -0.2) is 12.4 Å². The number of benzene rings is 1. The summed E-state index contributed by atoms with van der Waals surface area (Å²) in [5, 5.41) is 0.914. The molecule has 110 valence electrons. The Bertz CT molecular complexity index is 848. The number of allylic oxidation sites excluding steroid dienone is 3. The van der Waals surface area contributed by atoms with Crippen molar-refractivity contribution in [1.82, 2.24) is 3.97 Å². The normalized spacial score (nSPS) is 22.5. The van der Waals surface area contributed by atoms with Crippen LogP contribution in [0.3, 0.4) is 0 Å². The van der Waals surface area contributed by atoms with E-state index in [1.165, 1.54) is 3.97 Å². The summed E-state index contributed by atoms with van der Waals surface area (Å²) < 4.78 is 26.6. The third kappa shape index (κ3) is 2.23. The molecule has 3 nitrogen and oxygen atoms in total. The number of hydrogen-bond acceptors (Lipinski definition) is 2. The van der Waals surface area contributed by atoms with Gasteiger partial charge in [0.25, 0.3) is 0 Å². The van der Waals surface area contributed by atoms with E-state index in [-0.39, 0.29) is 0 Å². The van der Waals surface area contributed by atoms with Crippen LogP contribution in [0.4, 0.5) is 0 Å². The van der Waals surface area contributed by atoms with Crippen molar-refractivity contribution in [2.24, 2.45) is 0 Å². The second-order valence-corrected chi connectivity index (χ2v) is 8.03. The van der Waals surface area contributed by atoms with Gasteiger partial charge in [-0.3, -0.25) is 0 Å². The summed E-state index contributed by atoms with van der Waals surface area (Å²) in [5.41, 5.74) is 1.64. The van der Waals surface area contributed by atoms with Crippen molar-refractivity contribution in [3.05, 3.63) is 60.3 Å². The summed E-state index contributed by atoms with van der Waals surface area (Å²) in [5.74, 6) is 0.349. The van der Waals surface area contributed by atoms with Crippen molar-refractivity contribution < 1.29 is 8.42 Å². The van der Waals surface area contributed by atoms with Gasteiger partial charge >= 0.3 is 0 Å². The topological polar surface area (TPSA) is 39.1 Å². The molecule has 0 saturated carbocycles. The predicted molar refractivity (Wildman–Crippen MR) is 87.2 cm³/mol. The molecule has 1 aliphatic rings. The first-order valence-corrected chi connectivity index (χ1v) is 8.70. The SMILES string of the molecule is CC1(S(=O)(=O)n2ccc3ccccc32)C=CC=C(CCl)C1. The molecule has 0 fully saturated rings. The molecule has 0 spiro atoms. The minimum Gasteiger partial charge on any atom is -0.244 e. The van der Waals surface area contributed by atoms with Crippen molar-refractivity contribution in [3.8, 4) is 0 Å². The second kappa shape index (κ2) is 5.04. The van der Waals surface area contributed by atoms with Gasteiger partial charge in [0.15, 0.2) is 0 Å². The molecule has 1 unspecified atom stereocenters. The van der Waals surface area contributed by atoms with Crippen LogP contribution < -0.4 is 0 Å². The minimum atomic E-state index is -3.56. The molecular formula is C16H16ClNO2S. The third-order valence-electron chi connectivity index (χ3n) is 3.94. The van der Waals surface area contributed by atoms with E-state index in [2.05, 4.69) is 0 Å². The number of alkyl halides is 1. The monoisotopic (exact) mass is 321 g/mol. The zero-order valence-electron chi connectivity index (χ0n) is 11.7. The van der Waals surface area contributed by atoms with Crippen LogP contribution in [0.1, 0.15) is 13.3 Å². The molecule has 21 heavy (non-hydrogen) atoms. The van der Waals surface area contributed by atoms with Crippen LogP contribution in [0.2, 0.25) is 0 Å². The Morgan fingerprint density at radius 2 is 2.05 bits per heavy atom. The Hall–Kier alpha value is -1.52. The number of aromatic nitrogens is 1. The van der Waals surface area contributed by atoms with Gasteiger partial charge in [0, 0.05) is 17.5 Å². The number of para-hydroxylation sites is 1. The zero-order valence-corrected chi connectivity index (χ0v) is 13.2. The Kier molecular flexibility index (Phi) is 3.46. The first-order valence-electron chi connectivity index (χ1n) is 6.72. The smallest absolute Gasteiger partial charge is 0.244 e. The summed E-state index contributed by atoms with van der Waals surface area (Å²) in [6.45, 7) is 1.74. The van der Waals surface area contributed by atoms with Gasteiger partial charge in [0.05, 0.1) is 5.52 Å². The lowest BCUT2D eigenvalue weighted by Crippen LogP contribution is -2.39. The highest BCUT2D eigenvalue weighted by molar-refractivity contribution is 7.91. The quantitative estimate of drug-likeness (QED) is 0.808. The van der Waals surface area contributed by atoms with Gasteiger partial charge in [0.2, 0.25) is 10.0 Å². The van der Waals surface area contributed by atoms with E-state index in [1.54, 1.807) is 25.3 Å². The van der Waals surface area contributed by atoms with Crippen molar-refractivity contribution in [1.29, 1.82) is 0 Å². The number of rotatable bonds is 3. The van der Waals surface area contributed by atoms with Crippen LogP contribution in [0, 0.1) is 0 Å². The predicted octanol–water partition coefficient (Wildman–Crippen LogP) is 3.70. The average Bonchev–Trinajstić information content (AvgIpc) is 2.91. The molecule has 1 heterocycles. The van der Waals surface area contributed by atoms with E-state index in [0.29, 0.717) is 17.8 Å². The summed E-state index contributed by atoms with van der Waals surface area (Å²) in [6, 6.07) is 9.29. The van der Waals surface area contributed by atoms with E-state index in [4.69, 9.17) is 11.6 Å². The lowest BCUT2D eigenvalue weighted by Gasteiger charge is -2.29. The number of fused-ring (bicyclic) bond motifs is 1. The number of halogens is 1. The first kappa shape index (κ1) is 14.4.